The number of anilines is 2. The van der Waals surface area contributed by atoms with Gasteiger partial charge in [-0.15, -0.1) is 6.42 Å². The van der Waals surface area contributed by atoms with E-state index in [1.54, 1.807) is 4.72 Å². The third-order valence-corrected chi connectivity index (χ3v) is 13.3. The van der Waals surface area contributed by atoms with Crippen molar-refractivity contribution in [2.45, 2.75) is 57.7 Å². The summed E-state index contributed by atoms with van der Waals surface area (Å²) in [4.78, 5) is 78.4. The van der Waals surface area contributed by atoms with Crippen molar-refractivity contribution in [2.75, 3.05) is 50.4 Å². The highest BCUT2D eigenvalue weighted by Crippen LogP contribution is 2.38. The fraction of sp³-hybridized carbons (Fsp3) is 0.341. The van der Waals surface area contributed by atoms with Crippen molar-refractivity contribution in [3.63, 3.8) is 0 Å². The van der Waals surface area contributed by atoms with Crippen LogP contribution < -0.4 is 39.3 Å². The maximum absolute atomic E-state index is 14.5. The van der Waals surface area contributed by atoms with Gasteiger partial charge in [0.05, 0.1) is 54.2 Å². The molecule has 416 valence electrons. The van der Waals surface area contributed by atoms with Crippen LogP contribution in [0.1, 0.15) is 47.8 Å². The first-order valence-corrected chi connectivity index (χ1v) is 26.5. The average molecular weight is 1180 g/mol. The molecule has 0 radical (unpaired) electrons. The van der Waals surface area contributed by atoms with E-state index in [4.69, 9.17) is 63.8 Å². The van der Waals surface area contributed by atoms with Crippen molar-refractivity contribution in [3.05, 3.63) is 92.0 Å². The summed E-state index contributed by atoms with van der Waals surface area (Å²) in [7, 11) is -5.90. The maximum atomic E-state index is 14.5. The second-order valence-electron chi connectivity index (χ2n) is 16.5. The Bertz CT molecular complexity index is 3280. The number of rotatable bonds is 14. The summed E-state index contributed by atoms with van der Waals surface area (Å²) in [6, 6.07) is 9.46. The van der Waals surface area contributed by atoms with Gasteiger partial charge in [-0.05, 0) is 48.6 Å². The summed E-state index contributed by atoms with van der Waals surface area (Å²) in [5.74, 6) is 0.648. The summed E-state index contributed by atoms with van der Waals surface area (Å²) in [6.07, 6.45) is -0.577. The summed E-state index contributed by atoms with van der Waals surface area (Å²) in [5, 5.41) is 21.3. The van der Waals surface area contributed by atoms with E-state index in [-0.39, 0.29) is 74.9 Å². The molecular weight excluding hydrogens is 1130 g/mol. The van der Waals surface area contributed by atoms with E-state index in [0.29, 0.717) is 16.2 Å². The van der Waals surface area contributed by atoms with Crippen molar-refractivity contribution in [2.24, 2.45) is 10.4 Å². The summed E-state index contributed by atoms with van der Waals surface area (Å²) < 4.78 is 110. The summed E-state index contributed by atoms with van der Waals surface area (Å²) >= 11 is 12.6. The van der Waals surface area contributed by atoms with E-state index in [9.17, 15) is 49.7 Å². The van der Waals surface area contributed by atoms with Crippen LogP contribution in [0, 0.1) is 30.5 Å². The highest BCUT2D eigenvalue weighted by Gasteiger charge is 2.32. The lowest BCUT2D eigenvalue weighted by Gasteiger charge is -2.28. The van der Waals surface area contributed by atoms with E-state index in [1.807, 2.05) is 4.57 Å². The molecule has 5 aromatic rings. The van der Waals surface area contributed by atoms with Gasteiger partial charge in [0.25, 0.3) is 15.9 Å². The molecule has 77 heavy (non-hydrogen) atoms. The first-order chi connectivity index (χ1) is 35.9. The standard InChI is InChI=1S/C18H17FN4O2S.C15H16F3N5O4S.C8H6Cl2O3.C3H8NO5P/c1-4-5-22-13-7-12(11(19)6-14(13)25-9-16(22)24)20-17-23-10-18(2,3)8-15(23)21-26-17;1-9-19-12(22-14(20-9)27-2)21-13(24)23-28(25,26)11-6-4-3-5-10(11)7-8-15(16,17)18;1-13-7-5(10)3-2-4(9)6(7)8(11)12;5-3(6)1-4-2-10(7,8)9/h1,6-7H,5,8-10H2,2-3H3;3-6H,7-8H2,1-2H3,(H2,19,20,21,22,23,24);2-3H,1H3,(H,11,12);4H,1-2H2,(H,5,6)(H2,7,8,9)/b20-17-;;;. The Kier molecular flexibility index (Phi) is 21.8. The molecule has 3 amide bonds. The number of amides is 3. The SMILES string of the molecule is C#CCN1C(=O)COc2cc(F)c(/N=c3\snc4n3CC(C)(C)C4)cc21.COc1c(Cl)ccc(Cl)c1C(=O)O.COc1nc(C)nc(NC(=O)NS(=O)(=O)c2ccccc2CCC(F)(F)F)n1.O=C(O)CNCP(=O)(O)O. The molecule has 0 atom stereocenters. The van der Waals surface area contributed by atoms with Crippen molar-refractivity contribution in [3.8, 4) is 29.9 Å². The number of ether oxygens (including phenoxy) is 3. The minimum Gasteiger partial charge on any atom is -0.494 e. The van der Waals surface area contributed by atoms with Gasteiger partial charge in [-0.25, -0.2) is 32.1 Å². The number of hydrogen-bond acceptors (Lipinski definition) is 17. The Morgan fingerprint density at radius 3 is 2.32 bits per heavy atom. The zero-order valence-electron chi connectivity index (χ0n) is 40.9. The number of carboxylic acid groups (broad SMARTS) is 2. The van der Waals surface area contributed by atoms with E-state index < -0.39 is 78.2 Å². The lowest BCUT2D eigenvalue weighted by Crippen LogP contribution is -2.39. The number of urea groups is 1. The fourth-order valence-corrected chi connectivity index (χ4v) is 9.45. The second kappa shape index (κ2) is 26.9. The Morgan fingerprint density at radius 1 is 1.05 bits per heavy atom. The van der Waals surface area contributed by atoms with Gasteiger partial charge in [-0.2, -0.15) is 32.5 Å². The van der Waals surface area contributed by atoms with Crippen LogP contribution >= 0.6 is 42.3 Å². The van der Waals surface area contributed by atoms with E-state index in [0.717, 1.165) is 24.9 Å². The van der Waals surface area contributed by atoms with Crippen molar-refractivity contribution < 1.29 is 83.9 Å². The van der Waals surface area contributed by atoms with Crippen LogP contribution in [0.4, 0.5) is 39.7 Å². The summed E-state index contributed by atoms with van der Waals surface area (Å²) in [5.41, 5.74) is 0.492. The number of aliphatic carboxylic acids is 1. The Labute approximate surface area is 449 Å². The molecule has 0 saturated carbocycles. The number of nitrogens with one attached hydrogen (secondary N) is 3. The van der Waals surface area contributed by atoms with E-state index >= 15 is 0 Å². The van der Waals surface area contributed by atoms with Crippen LogP contribution in [0.5, 0.6) is 17.5 Å². The maximum Gasteiger partial charge on any atom is 0.389 e. The molecule has 7 rings (SSSR count). The molecule has 24 nitrogen and oxygen atoms in total. The van der Waals surface area contributed by atoms with Crippen LogP contribution in [0.25, 0.3) is 0 Å². The van der Waals surface area contributed by atoms with E-state index in [2.05, 4.69) is 54.7 Å². The Hall–Kier alpha value is -6.97. The second-order valence-corrected chi connectivity index (χ2v) is 21.4. The molecule has 0 bridgehead atoms. The molecular formula is C44H47Cl2F4N10O14PS2. The van der Waals surface area contributed by atoms with Gasteiger partial charge in [0.1, 0.15) is 28.6 Å². The number of benzene rings is 3. The molecule has 0 spiro atoms. The molecule has 2 aliphatic rings. The number of aryl methyl sites for hydroxylation is 2. The third kappa shape index (κ3) is 18.9. The number of aromatic nitrogens is 5. The molecule has 0 unspecified atom stereocenters. The van der Waals surface area contributed by atoms with Gasteiger partial charge in [0.2, 0.25) is 10.7 Å². The number of carbonyl (C=O) groups excluding carboxylic acids is 2. The van der Waals surface area contributed by atoms with Gasteiger partial charge in [0, 0.05) is 37.0 Å². The monoisotopic (exact) mass is 1180 g/mol. The minimum absolute atomic E-state index is 0.0715. The number of halogens is 6. The molecule has 4 heterocycles. The smallest absolute Gasteiger partial charge is 0.389 e. The average Bonchev–Trinajstić information content (AvgIpc) is 3.84. The van der Waals surface area contributed by atoms with Crippen LogP contribution in [0.15, 0.2) is 58.4 Å². The van der Waals surface area contributed by atoms with Crippen molar-refractivity contribution >= 4 is 93.6 Å². The molecule has 33 heteroatoms. The van der Waals surface area contributed by atoms with Crippen molar-refractivity contribution in [1.82, 2.24) is 33.9 Å². The van der Waals surface area contributed by atoms with Crippen LogP contribution in [0.3, 0.4) is 0 Å². The van der Waals surface area contributed by atoms with Crippen LogP contribution in [-0.2, 0) is 43.6 Å². The van der Waals surface area contributed by atoms with Gasteiger partial charge >= 0.3 is 37.8 Å². The topological polar surface area (TPSA) is 336 Å². The zero-order chi connectivity index (χ0) is 57.6. The highest BCUT2D eigenvalue weighted by molar-refractivity contribution is 7.90. The number of methoxy groups -OCH3 is 2. The molecule has 2 aromatic heterocycles. The number of hydrogen-bond donors (Lipinski definition) is 7. The number of alkyl halides is 3. The van der Waals surface area contributed by atoms with Crippen LogP contribution in [-0.4, -0.2) is 123 Å². The first kappa shape index (κ1) is 62.6. The lowest BCUT2D eigenvalue weighted by atomic mass is 9.92. The number of carboxylic acids is 2. The predicted molar refractivity (Wildman–Crippen MR) is 270 cm³/mol. The highest BCUT2D eigenvalue weighted by atomic mass is 35.5. The number of sulfonamides is 1. The number of carbonyl (C=O) groups is 4. The molecule has 3 aromatic carbocycles. The van der Waals surface area contributed by atoms with Gasteiger partial charge in [0.15, 0.2) is 18.2 Å². The third-order valence-electron chi connectivity index (χ3n) is 9.81. The molecule has 0 saturated heterocycles. The van der Waals surface area contributed by atoms with Gasteiger partial charge in [-0.3, -0.25) is 29.7 Å². The number of terminal acetylenes is 1. The van der Waals surface area contributed by atoms with Crippen LogP contribution in [0.2, 0.25) is 10.0 Å². The molecule has 2 aliphatic heterocycles. The Morgan fingerprint density at radius 2 is 1.73 bits per heavy atom. The van der Waals surface area contributed by atoms with Gasteiger partial charge in [-0.1, -0.05) is 61.2 Å². The molecule has 0 aliphatic carbocycles. The number of fused-ring (bicyclic) bond motifs is 2. The lowest BCUT2D eigenvalue weighted by molar-refractivity contribution is -0.136. The molecule has 7 N–H and O–H groups in total. The van der Waals surface area contributed by atoms with E-state index in [1.165, 1.54) is 80.0 Å². The quantitative estimate of drug-likeness (QED) is 0.0384. The minimum atomic E-state index is -4.45. The Balaban J connectivity index is 0.000000240. The van der Waals surface area contributed by atoms with Gasteiger partial charge < -0.3 is 38.8 Å². The zero-order valence-corrected chi connectivity index (χ0v) is 44.9. The largest absolute Gasteiger partial charge is 0.494 e. The normalized spacial score (nSPS) is 13.6. The predicted octanol–water partition coefficient (Wildman–Crippen LogP) is 5.95. The summed E-state index contributed by atoms with van der Waals surface area (Å²) in [6.45, 7) is 6.12. The number of nitrogens with zero attached hydrogens (tertiary/aromatic N) is 7. The first-order valence-electron chi connectivity index (χ1n) is 21.6. The fourth-order valence-electron chi connectivity index (χ4n) is 6.64. The number of aromatic carboxylic acids is 1. The van der Waals surface area contributed by atoms with Crippen molar-refractivity contribution in [1.29, 1.82) is 0 Å². The molecule has 0 fully saturated rings.